The molecule has 5 fully saturated rings. The quantitative estimate of drug-likeness (QED) is 0.0662. The van der Waals surface area contributed by atoms with Crippen molar-refractivity contribution < 1.29 is 42.9 Å². The van der Waals surface area contributed by atoms with Gasteiger partial charge in [-0.2, -0.15) is 4.39 Å². The van der Waals surface area contributed by atoms with Gasteiger partial charge in [-0.3, -0.25) is 14.5 Å². The van der Waals surface area contributed by atoms with Crippen LogP contribution in [0, 0.1) is 18.7 Å². The minimum absolute atomic E-state index is 0.0237. The highest BCUT2D eigenvalue weighted by molar-refractivity contribution is 7.13. The molecule has 8 heterocycles. The number of anilines is 3. The lowest BCUT2D eigenvalue weighted by atomic mass is 9.91. The highest BCUT2D eigenvalue weighted by atomic mass is 32.1. The molecule has 2 amide bonds. The summed E-state index contributed by atoms with van der Waals surface area (Å²) >= 11 is 1.57. The third kappa shape index (κ3) is 11.2. The number of phenolic OH excluding ortho intramolecular Hbond substituents is 1. The van der Waals surface area contributed by atoms with Gasteiger partial charge in [-0.1, -0.05) is 50.2 Å². The topological polar surface area (TPSA) is 231 Å². The number of aromatic nitrogens is 5. The molecule has 11 rings (SSSR count). The largest absolute Gasteiger partial charge is 0.507 e. The Morgan fingerprint density at radius 2 is 1.68 bits per heavy atom. The number of carbonyl (C=O) groups is 2. The van der Waals surface area contributed by atoms with Crippen molar-refractivity contribution >= 4 is 40.3 Å². The van der Waals surface area contributed by atoms with E-state index in [1.165, 1.54) is 4.90 Å². The Kier molecular flexibility index (Phi) is 15.5. The van der Waals surface area contributed by atoms with Crippen molar-refractivity contribution in [2.24, 2.45) is 5.92 Å². The van der Waals surface area contributed by atoms with E-state index in [9.17, 15) is 19.8 Å². The Hall–Kier alpha value is -6.94. The molecule has 1 aliphatic carbocycles. The van der Waals surface area contributed by atoms with Crippen LogP contribution in [0.5, 0.6) is 17.5 Å². The smallest absolute Gasteiger partial charge is 0.291 e. The number of nitrogens with two attached hydrogens (primary N) is 1. The van der Waals surface area contributed by atoms with E-state index in [-0.39, 0.29) is 73.4 Å². The van der Waals surface area contributed by atoms with Gasteiger partial charge >= 0.3 is 0 Å². The van der Waals surface area contributed by atoms with E-state index in [0.717, 1.165) is 97.8 Å². The summed E-state index contributed by atoms with van der Waals surface area (Å²) in [7, 11) is 0. The second kappa shape index (κ2) is 22.8. The second-order valence-corrected chi connectivity index (χ2v) is 22.7. The number of piperidine rings is 1. The minimum atomic E-state index is -1.10. The van der Waals surface area contributed by atoms with Gasteiger partial charge in [0.05, 0.1) is 51.8 Å². The van der Waals surface area contributed by atoms with Crippen molar-refractivity contribution in [3.63, 3.8) is 0 Å². The molecule has 0 radical (unpaired) electrons. The zero-order chi connectivity index (χ0) is 54.2. The SMILES string of the molecule is Cc1ncsc1-c1ccc([C@H](C)NC(=O)[C@@H]2C[C@@H](O)CN2C(=O)[C@H](c2onc(OCCN3CCC(OC4CC(Oc5cc(N6C7CC[C@@H]6CN(c6cc(-c8ccccc8O)nnc6N)C7)ccn5)C4)CC3)c2F)C(C)C)cc1. The molecule has 4 saturated heterocycles. The molecular weight excluding hydrogens is 1020 g/mol. The number of benzene rings is 2. The lowest BCUT2D eigenvalue weighted by Gasteiger charge is -2.43. The third-order valence-electron chi connectivity index (χ3n) is 16.2. The van der Waals surface area contributed by atoms with Gasteiger partial charge in [0.1, 0.15) is 30.4 Å². The summed E-state index contributed by atoms with van der Waals surface area (Å²) < 4.78 is 40.3. The number of likely N-dealkylation sites (tertiary alicyclic amines) is 2. The normalized spacial score (nSPS) is 23.3. The Morgan fingerprint density at radius 1 is 0.923 bits per heavy atom. The number of phenols is 1. The van der Waals surface area contributed by atoms with E-state index in [2.05, 4.69) is 57.5 Å². The molecule has 6 atom stereocenters. The van der Waals surface area contributed by atoms with Gasteiger partial charge < -0.3 is 54.7 Å². The van der Waals surface area contributed by atoms with E-state index in [1.54, 1.807) is 37.3 Å². The van der Waals surface area contributed by atoms with Crippen molar-refractivity contribution in [1.82, 2.24) is 40.4 Å². The summed E-state index contributed by atoms with van der Waals surface area (Å²) in [5, 5.41) is 36.6. The van der Waals surface area contributed by atoms with Gasteiger partial charge in [0.25, 0.3) is 5.88 Å². The Labute approximate surface area is 456 Å². The molecule has 1 saturated carbocycles. The maximum atomic E-state index is 16.1. The molecule has 5 aliphatic rings. The van der Waals surface area contributed by atoms with E-state index in [4.69, 9.17) is 24.5 Å². The third-order valence-corrected chi connectivity index (χ3v) is 17.2. The number of rotatable bonds is 18. The molecule has 78 heavy (non-hydrogen) atoms. The molecule has 5 N–H and O–H groups in total. The number of fused-ring (bicyclic) bond motifs is 2. The van der Waals surface area contributed by atoms with Crippen LogP contribution < -0.4 is 30.3 Å². The number of aryl methyl sites for hydroxylation is 1. The number of para-hydroxylation sites is 1. The first-order valence-electron chi connectivity index (χ1n) is 27.3. The fraction of sp³-hybridized carbons (Fsp3) is 0.491. The molecule has 1 unspecified atom stereocenters. The zero-order valence-corrected chi connectivity index (χ0v) is 45.2. The number of nitrogens with one attached hydrogen (secondary N) is 1. The molecular formula is C57H68FN11O8S. The number of aliphatic hydroxyl groups excluding tert-OH is 1. The molecule has 0 spiro atoms. The fourth-order valence-electron chi connectivity index (χ4n) is 12.0. The monoisotopic (exact) mass is 1090 g/mol. The van der Waals surface area contributed by atoms with E-state index < -0.39 is 41.6 Å². The number of aliphatic hydroxyl groups is 1. The van der Waals surface area contributed by atoms with E-state index >= 15 is 4.39 Å². The average molecular weight is 1090 g/mol. The van der Waals surface area contributed by atoms with E-state index in [1.807, 2.05) is 68.0 Å². The van der Waals surface area contributed by atoms with Gasteiger partial charge in [-0.25, -0.2) is 9.97 Å². The van der Waals surface area contributed by atoms with Gasteiger partial charge in [-0.15, -0.1) is 21.5 Å². The molecule has 2 bridgehead atoms. The number of thiazole rings is 1. The summed E-state index contributed by atoms with van der Waals surface area (Å²) in [4.78, 5) is 46.4. The Morgan fingerprint density at radius 3 is 2.40 bits per heavy atom. The number of ether oxygens (including phenoxy) is 3. The van der Waals surface area contributed by atoms with Crippen molar-refractivity contribution in [2.45, 2.75) is 127 Å². The average Bonchev–Trinajstić information content (AvgIpc) is 4.26. The summed E-state index contributed by atoms with van der Waals surface area (Å²) in [6.07, 6.45) is 6.63. The minimum Gasteiger partial charge on any atom is -0.507 e. The molecule has 2 aromatic carbocycles. The van der Waals surface area contributed by atoms with Crippen molar-refractivity contribution in [2.75, 3.05) is 61.4 Å². The van der Waals surface area contributed by atoms with Crippen LogP contribution in [0.1, 0.15) is 94.7 Å². The number of halogens is 1. The molecule has 4 aliphatic heterocycles. The number of nitrogen functional groups attached to an aromatic ring is 1. The number of amides is 2. The van der Waals surface area contributed by atoms with Crippen LogP contribution in [0.4, 0.5) is 21.6 Å². The number of hydrogen-bond donors (Lipinski definition) is 4. The van der Waals surface area contributed by atoms with Crippen LogP contribution in [0.15, 0.2) is 83.0 Å². The van der Waals surface area contributed by atoms with Crippen molar-refractivity contribution in [1.29, 1.82) is 0 Å². The first kappa shape index (κ1) is 53.1. The number of aromatic hydroxyl groups is 1. The van der Waals surface area contributed by atoms with Gasteiger partial charge in [0.2, 0.25) is 23.5 Å². The molecule has 21 heteroatoms. The van der Waals surface area contributed by atoms with Gasteiger partial charge in [0.15, 0.2) is 11.6 Å². The van der Waals surface area contributed by atoms with Crippen LogP contribution >= 0.6 is 11.3 Å². The molecule has 6 aromatic rings. The zero-order valence-electron chi connectivity index (χ0n) is 44.4. The number of nitrogens with zero attached hydrogens (tertiary/aromatic N) is 9. The predicted molar refractivity (Wildman–Crippen MR) is 292 cm³/mol. The summed E-state index contributed by atoms with van der Waals surface area (Å²) in [5.74, 6) is -2.74. The fourth-order valence-corrected chi connectivity index (χ4v) is 12.8. The first-order chi connectivity index (χ1) is 37.7. The molecule has 4 aromatic heterocycles. The lowest BCUT2D eigenvalue weighted by Crippen LogP contribution is -2.54. The maximum absolute atomic E-state index is 16.1. The van der Waals surface area contributed by atoms with Crippen LogP contribution in [-0.2, 0) is 14.3 Å². The van der Waals surface area contributed by atoms with Crippen molar-refractivity contribution in [3.05, 3.63) is 101 Å². The van der Waals surface area contributed by atoms with Crippen LogP contribution in [0.25, 0.3) is 21.7 Å². The number of hydrogen-bond acceptors (Lipinski definition) is 18. The molecule has 19 nitrogen and oxygen atoms in total. The van der Waals surface area contributed by atoms with Crippen LogP contribution in [0.3, 0.4) is 0 Å². The summed E-state index contributed by atoms with van der Waals surface area (Å²) in [6.45, 7) is 11.2. The number of pyridine rings is 1. The summed E-state index contributed by atoms with van der Waals surface area (Å²) in [5.41, 5.74) is 14.2. The highest BCUT2D eigenvalue weighted by Crippen LogP contribution is 2.41. The first-order valence-corrected chi connectivity index (χ1v) is 28.1. The second-order valence-electron chi connectivity index (χ2n) is 21.8. The molecule has 412 valence electrons. The summed E-state index contributed by atoms with van der Waals surface area (Å²) in [6, 6.07) is 20.3. The lowest BCUT2D eigenvalue weighted by molar-refractivity contribution is -0.141. The Balaban J connectivity index is 0.610. The van der Waals surface area contributed by atoms with Gasteiger partial charge in [-0.05, 0) is 86.0 Å². The van der Waals surface area contributed by atoms with Crippen LogP contribution in [0.2, 0.25) is 0 Å². The predicted octanol–water partition coefficient (Wildman–Crippen LogP) is 7.29. The number of β-amino-alcohol motifs (C(OH)–C–C–N with tert-alkyl or cyclic N) is 1. The maximum Gasteiger partial charge on any atom is 0.291 e. The van der Waals surface area contributed by atoms with Crippen molar-refractivity contribution in [3.8, 4) is 39.2 Å². The Bertz CT molecular complexity index is 3060. The number of carbonyl (C=O) groups excluding carboxylic acids is 2. The van der Waals surface area contributed by atoms with E-state index in [0.29, 0.717) is 29.5 Å². The van der Waals surface area contributed by atoms with Crippen LogP contribution in [-0.4, -0.2) is 146 Å². The highest BCUT2D eigenvalue weighted by Gasteiger charge is 2.46. The van der Waals surface area contributed by atoms with Gasteiger partial charge in [0, 0.05) is 94.1 Å². The standard InChI is InChI=1S/C57H68FN11O8S/c1-32(2)50(57(73)68-30-40(70)24-47(68)55(72)62-33(3)35-9-11-36(12-10-35)53-34(4)61-31-78-53)52-51(58)56(65-77-52)74-22-21-66-19-16-41(17-20-66)75-42-25-43(26-42)76-49-23-37(15-18-60-49)69-38-13-14-39(69)29-67(28-38)46-27-45(63-64-54(46)59)44-7-5-6-8-48(44)71/h5-12,15,18,23,27,31-33,38-43,47,50,70-71H,13-14,16-17,19-22,24-26,28-30H2,1-4H3,(H2,59,64)(H,62,72)/t33-,38+,39?,40+,42?,43?,47-,50-/m0/s1. The number of piperazine rings is 1.